The number of H-pyrrole nitrogens is 1. The van der Waals surface area contributed by atoms with E-state index in [1.807, 2.05) is 41.4 Å². The molecule has 1 aromatic heterocycles. The van der Waals surface area contributed by atoms with Crippen molar-refractivity contribution in [2.75, 3.05) is 13.1 Å². The molecule has 4 heteroatoms. The van der Waals surface area contributed by atoms with Gasteiger partial charge in [-0.3, -0.25) is 4.79 Å². The number of benzene rings is 2. The van der Waals surface area contributed by atoms with Crippen molar-refractivity contribution >= 4 is 28.4 Å². The van der Waals surface area contributed by atoms with Crippen LogP contribution in [0.25, 0.3) is 10.9 Å². The van der Waals surface area contributed by atoms with Crippen molar-refractivity contribution < 1.29 is 4.79 Å². The predicted octanol–water partition coefficient (Wildman–Crippen LogP) is 5.99. The van der Waals surface area contributed by atoms with E-state index in [9.17, 15) is 4.79 Å². The molecule has 1 heterocycles. The highest BCUT2D eigenvalue weighted by Gasteiger charge is 2.24. The van der Waals surface area contributed by atoms with Crippen LogP contribution in [-0.4, -0.2) is 28.9 Å². The molecule has 0 radical (unpaired) electrons. The smallest absolute Gasteiger partial charge is 0.223 e. The van der Waals surface area contributed by atoms with E-state index in [-0.39, 0.29) is 11.8 Å². The SMILES string of the molecule is CCCN(CCC)C(=O)CC(c1cccc(Cl)c1)c1c[nH]c2ccccc12. The molecule has 1 amide bonds. The fourth-order valence-corrected chi connectivity index (χ4v) is 3.92. The second-order valence-electron chi connectivity index (χ2n) is 6.98. The van der Waals surface area contributed by atoms with E-state index in [0.717, 1.165) is 48.0 Å². The lowest BCUT2D eigenvalue weighted by atomic mass is 9.87. The van der Waals surface area contributed by atoms with Crippen molar-refractivity contribution in [3.63, 3.8) is 0 Å². The Hall–Kier alpha value is -2.26. The van der Waals surface area contributed by atoms with Crippen molar-refractivity contribution in [1.82, 2.24) is 9.88 Å². The van der Waals surface area contributed by atoms with Crippen LogP contribution < -0.4 is 0 Å². The van der Waals surface area contributed by atoms with Gasteiger partial charge in [0.1, 0.15) is 0 Å². The maximum absolute atomic E-state index is 13.1. The lowest BCUT2D eigenvalue weighted by molar-refractivity contribution is -0.131. The van der Waals surface area contributed by atoms with Crippen molar-refractivity contribution in [3.8, 4) is 0 Å². The molecule has 1 unspecified atom stereocenters. The van der Waals surface area contributed by atoms with Crippen molar-refractivity contribution in [2.24, 2.45) is 0 Å². The fraction of sp³-hybridized carbons (Fsp3) is 0.348. The second-order valence-corrected chi connectivity index (χ2v) is 7.42. The maximum Gasteiger partial charge on any atom is 0.223 e. The van der Waals surface area contributed by atoms with Gasteiger partial charge >= 0.3 is 0 Å². The molecule has 0 saturated carbocycles. The number of rotatable bonds is 8. The van der Waals surface area contributed by atoms with E-state index in [0.29, 0.717) is 11.4 Å². The van der Waals surface area contributed by atoms with Crippen LogP contribution in [0.1, 0.15) is 50.2 Å². The van der Waals surface area contributed by atoms with Crippen LogP contribution >= 0.6 is 11.6 Å². The molecule has 0 saturated heterocycles. The molecular weight excluding hydrogens is 356 g/mol. The summed E-state index contributed by atoms with van der Waals surface area (Å²) in [7, 11) is 0. The first kappa shape index (κ1) is 19.5. The number of halogens is 1. The number of nitrogens with zero attached hydrogens (tertiary/aromatic N) is 1. The summed E-state index contributed by atoms with van der Waals surface area (Å²) in [5, 5.41) is 1.86. The minimum atomic E-state index is -0.0245. The van der Waals surface area contributed by atoms with Gasteiger partial charge in [0.2, 0.25) is 5.91 Å². The number of fused-ring (bicyclic) bond motifs is 1. The number of aromatic amines is 1. The Morgan fingerprint density at radius 3 is 2.52 bits per heavy atom. The van der Waals surface area contributed by atoms with Gasteiger partial charge in [-0.1, -0.05) is 55.8 Å². The van der Waals surface area contributed by atoms with Gasteiger partial charge in [0.25, 0.3) is 0 Å². The number of carbonyl (C=O) groups is 1. The zero-order valence-corrected chi connectivity index (χ0v) is 16.8. The number of aromatic nitrogens is 1. The van der Waals surface area contributed by atoms with Gasteiger partial charge in [-0.15, -0.1) is 0 Å². The van der Waals surface area contributed by atoms with E-state index >= 15 is 0 Å². The molecule has 27 heavy (non-hydrogen) atoms. The van der Waals surface area contributed by atoms with E-state index < -0.39 is 0 Å². The number of hydrogen-bond acceptors (Lipinski definition) is 1. The summed E-state index contributed by atoms with van der Waals surface area (Å²) in [6.45, 7) is 5.85. The Bertz CT molecular complexity index is 896. The van der Waals surface area contributed by atoms with Crippen LogP contribution in [0.2, 0.25) is 5.02 Å². The molecule has 0 bridgehead atoms. The van der Waals surface area contributed by atoms with Crippen LogP contribution in [0.5, 0.6) is 0 Å². The van der Waals surface area contributed by atoms with Gasteiger partial charge in [0.15, 0.2) is 0 Å². The second kappa shape index (κ2) is 9.09. The molecule has 0 spiro atoms. The Morgan fingerprint density at radius 2 is 1.81 bits per heavy atom. The molecule has 0 aliphatic heterocycles. The summed E-state index contributed by atoms with van der Waals surface area (Å²) >= 11 is 6.26. The third-order valence-corrected chi connectivity index (χ3v) is 5.20. The molecular formula is C23H27ClN2O. The zero-order chi connectivity index (χ0) is 19.2. The molecule has 0 aliphatic carbocycles. The summed E-state index contributed by atoms with van der Waals surface area (Å²) in [4.78, 5) is 18.4. The molecule has 142 valence electrons. The first-order valence-corrected chi connectivity index (χ1v) is 10.1. The first-order valence-electron chi connectivity index (χ1n) is 9.73. The van der Waals surface area contributed by atoms with Crippen LogP contribution in [0.4, 0.5) is 0 Å². The number of para-hydroxylation sites is 1. The minimum absolute atomic E-state index is 0.0245. The van der Waals surface area contributed by atoms with Crippen LogP contribution in [0.15, 0.2) is 54.7 Å². The third-order valence-electron chi connectivity index (χ3n) is 4.97. The van der Waals surface area contributed by atoms with Crippen LogP contribution in [0, 0.1) is 0 Å². The first-order chi connectivity index (χ1) is 13.1. The summed E-state index contributed by atoms with van der Waals surface area (Å²) < 4.78 is 0. The highest BCUT2D eigenvalue weighted by Crippen LogP contribution is 2.34. The predicted molar refractivity (Wildman–Crippen MR) is 113 cm³/mol. The van der Waals surface area contributed by atoms with Crippen molar-refractivity contribution in [2.45, 2.75) is 39.0 Å². The average molecular weight is 383 g/mol. The topological polar surface area (TPSA) is 36.1 Å². The van der Waals surface area contributed by atoms with Crippen molar-refractivity contribution in [1.29, 1.82) is 0 Å². The number of amides is 1. The zero-order valence-electron chi connectivity index (χ0n) is 16.0. The largest absolute Gasteiger partial charge is 0.361 e. The standard InChI is InChI=1S/C23H27ClN2O/c1-3-12-26(13-4-2)23(27)15-20(17-8-7-9-18(24)14-17)21-16-25-22-11-6-5-10-19(21)22/h5-11,14,16,20,25H,3-4,12-13,15H2,1-2H3. The quantitative estimate of drug-likeness (QED) is 0.510. The summed E-state index contributed by atoms with van der Waals surface area (Å²) in [6.07, 6.45) is 4.43. The van der Waals surface area contributed by atoms with Crippen LogP contribution in [-0.2, 0) is 4.79 Å². The van der Waals surface area contributed by atoms with E-state index in [1.54, 1.807) is 0 Å². The van der Waals surface area contributed by atoms with E-state index in [4.69, 9.17) is 11.6 Å². The molecule has 1 N–H and O–H groups in total. The molecule has 1 atom stereocenters. The van der Waals surface area contributed by atoms with Gasteiger partial charge < -0.3 is 9.88 Å². The Labute approximate surface area is 166 Å². The number of carbonyl (C=O) groups excluding carboxylic acids is 1. The molecule has 3 aromatic rings. The molecule has 2 aromatic carbocycles. The number of hydrogen-bond donors (Lipinski definition) is 1. The van der Waals surface area contributed by atoms with Crippen molar-refractivity contribution in [3.05, 3.63) is 70.9 Å². The van der Waals surface area contributed by atoms with E-state index in [2.05, 4.69) is 37.0 Å². The van der Waals surface area contributed by atoms with Gasteiger partial charge in [0, 0.05) is 47.6 Å². The van der Waals surface area contributed by atoms with Crippen LogP contribution in [0.3, 0.4) is 0 Å². The molecule has 0 aliphatic rings. The third kappa shape index (κ3) is 4.54. The Balaban J connectivity index is 1.99. The highest BCUT2D eigenvalue weighted by atomic mass is 35.5. The normalized spacial score (nSPS) is 12.3. The summed E-state index contributed by atoms with van der Waals surface area (Å²) in [6, 6.07) is 16.1. The lowest BCUT2D eigenvalue weighted by Gasteiger charge is -2.25. The van der Waals surface area contributed by atoms with Gasteiger partial charge in [-0.2, -0.15) is 0 Å². The fourth-order valence-electron chi connectivity index (χ4n) is 3.72. The minimum Gasteiger partial charge on any atom is -0.361 e. The maximum atomic E-state index is 13.1. The molecule has 3 rings (SSSR count). The molecule has 3 nitrogen and oxygen atoms in total. The summed E-state index contributed by atoms with van der Waals surface area (Å²) in [5.41, 5.74) is 3.31. The Kier molecular flexibility index (Phi) is 6.57. The summed E-state index contributed by atoms with van der Waals surface area (Å²) in [5.74, 6) is 0.178. The Morgan fingerprint density at radius 1 is 1.07 bits per heavy atom. The van der Waals surface area contributed by atoms with Gasteiger partial charge in [0.05, 0.1) is 0 Å². The van der Waals surface area contributed by atoms with Gasteiger partial charge in [-0.25, -0.2) is 0 Å². The monoisotopic (exact) mass is 382 g/mol. The lowest BCUT2D eigenvalue weighted by Crippen LogP contribution is -2.33. The average Bonchev–Trinajstić information content (AvgIpc) is 3.09. The molecule has 0 fully saturated rings. The van der Waals surface area contributed by atoms with Gasteiger partial charge in [-0.05, 0) is 42.2 Å². The van der Waals surface area contributed by atoms with E-state index in [1.165, 1.54) is 0 Å². The highest BCUT2D eigenvalue weighted by molar-refractivity contribution is 6.30. The number of nitrogens with one attached hydrogen (secondary N) is 1.